The lowest BCUT2D eigenvalue weighted by Gasteiger charge is -2.30. The number of thiophene rings is 2. The van der Waals surface area contributed by atoms with Crippen LogP contribution in [0, 0.1) is 5.92 Å². The molecule has 6 rings (SSSR count). The lowest BCUT2D eigenvalue weighted by Crippen LogP contribution is -2.39. The van der Waals surface area contributed by atoms with Gasteiger partial charge in [-0.2, -0.15) is 0 Å². The van der Waals surface area contributed by atoms with Crippen LogP contribution in [0.5, 0.6) is 0 Å². The van der Waals surface area contributed by atoms with Crippen molar-refractivity contribution in [1.29, 1.82) is 0 Å². The third-order valence-electron chi connectivity index (χ3n) is 10.6. The molecule has 1 saturated carbocycles. The topological polar surface area (TPSA) is 174 Å². The predicted molar refractivity (Wildman–Crippen MR) is 209 cm³/mol. The van der Waals surface area contributed by atoms with Gasteiger partial charge in [0.05, 0.1) is 50.7 Å². The van der Waals surface area contributed by atoms with Gasteiger partial charge in [0.15, 0.2) is 0 Å². The number of carboxylic acids is 2. The van der Waals surface area contributed by atoms with E-state index in [-0.39, 0.29) is 30.0 Å². The van der Waals surface area contributed by atoms with Crippen LogP contribution in [0.4, 0.5) is 0 Å². The molecule has 0 spiro atoms. The highest BCUT2D eigenvalue weighted by molar-refractivity contribution is 7.14. The standard InChI is InChI=1S/C21H25NO5S.C20H29NO5S/c23-17(12-15-4-2-1-3-5-15)10-11-22-16(6-9-20(22)24)13-27-14-18-7-8-19(28-18)21(25)26;22-17(14-4-2-1-3-5-14)10-11-21-15(6-9-19(21)23)12-26-13-16-7-8-18(27-16)20(24)25/h1-5,7-8,16-17,23H,6,9-14H2,(H,25,26);7-8,14-15,17,22H,1-6,9-13H2,(H,24,25)/t16-,17?;15-,17?/m11/s1. The zero-order valence-electron chi connectivity index (χ0n) is 31.3. The second-order valence-electron chi connectivity index (χ2n) is 14.6. The molecule has 3 aliphatic rings. The summed E-state index contributed by atoms with van der Waals surface area (Å²) in [5, 5.41) is 38.7. The molecule has 2 saturated heterocycles. The highest BCUT2D eigenvalue weighted by atomic mass is 32.1. The summed E-state index contributed by atoms with van der Waals surface area (Å²) >= 11 is 2.42. The van der Waals surface area contributed by atoms with Crippen molar-refractivity contribution in [2.45, 2.75) is 115 Å². The quantitative estimate of drug-likeness (QED) is 0.109. The monoisotopic (exact) mass is 798 g/mol. The maximum atomic E-state index is 12.2. The first kappa shape index (κ1) is 42.5. The van der Waals surface area contributed by atoms with Crippen LogP contribution in [-0.2, 0) is 38.7 Å². The zero-order chi connectivity index (χ0) is 39.2. The molecule has 2 unspecified atom stereocenters. The first-order valence-electron chi connectivity index (χ1n) is 19.4. The molecule has 2 amide bonds. The van der Waals surface area contributed by atoms with Crippen molar-refractivity contribution < 1.29 is 49.1 Å². The first-order chi connectivity index (χ1) is 26.6. The summed E-state index contributed by atoms with van der Waals surface area (Å²) in [6.07, 6.45) is 9.38. The van der Waals surface area contributed by atoms with Crippen LogP contribution in [0.3, 0.4) is 0 Å². The summed E-state index contributed by atoms with van der Waals surface area (Å²) in [6.45, 7) is 2.68. The molecule has 14 heteroatoms. The molecule has 55 heavy (non-hydrogen) atoms. The molecule has 0 radical (unpaired) electrons. The summed E-state index contributed by atoms with van der Waals surface area (Å²) in [5.74, 6) is -1.23. The van der Waals surface area contributed by atoms with Gasteiger partial charge in [0, 0.05) is 35.7 Å². The SMILES string of the molecule is O=C(O)c1ccc(COC[C@H]2CCC(=O)N2CCC(O)C2CCCCC2)s1.O=C(O)c1ccc(COC[C@H]2CCC(=O)N2CCC(O)Cc2ccccc2)s1. The largest absolute Gasteiger partial charge is 0.477 e. The van der Waals surface area contributed by atoms with Crippen molar-refractivity contribution in [3.05, 3.63) is 79.7 Å². The Balaban J connectivity index is 0.000000211. The molecule has 3 aromatic rings. The number of likely N-dealkylation sites (tertiary alicyclic amines) is 2. The van der Waals surface area contributed by atoms with Crippen LogP contribution < -0.4 is 0 Å². The molecule has 1 aromatic carbocycles. The van der Waals surface area contributed by atoms with Crippen LogP contribution in [0.1, 0.15) is 105 Å². The maximum Gasteiger partial charge on any atom is 0.345 e. The lowest BCUT2D eigenvalue weighted by molar-refractivity contribution is -0.131. The normalized spacial score (nSPS) is 20.0. The molecule has 0 bridgehead atoms. The van der Waals surface area contributed by atoms with Crippen molar-refractivity contribution in [2.24, 2.45) is 5.92 Å². The van der Waals surface area contributed by atoms with E-state index >= 15 is 0 Å². The van der Waals surface area contributed by atoms with E-state index in [9.17, 15) is 29.4 Å². The molecular weight excluding hydrogens is 745 g/mol. The molecule has 4 heterocycles. The van der Waals surface area contributed by atoms with Gasteiger partial charge in [0.1, 0.15) is 9.75 Å². The van der Waals surface area contributed by atoms with Crippen molar-refractivity contribution in [3.8, 4) is 0 Å². The molecule has 300 valence electrons. The average Bonchev–Trinajstić information content (AvgIpc) is 3.99. The summed E-state index contributed by atoms with van der Waals surface area (Å²) in [6, 6.07) is 16.6. The molecule has 12 nitrogen and oxygen atoms in total. The van der Waals surface area contributed by atoms with Crippen molar-refractivity contribution in [1.82, 2.24) is 9.80 Å². The van der Waals surface area contributed by atoms with Crippen LogP contribution in [-0.4, -0.2) is 105 Å². The Labute approximate surface area is 330 Å². The highest BCUT2D eigenvalue weighted by Crippen LogP contribution is 2.29. The second-order valence-corrected chi connectivity index (χ2v) is 17.0. The minimum absolute atomic E-state index is 0.00957. The van der Waals surface area contributed by atoms with E-state index in [0.717, 1.165) is 41.0 Å². The fraction of sp³-hybridized carbons (Fsp3) is 0.561. The number of amides is 2. The third-order valence-corrected chi connectivity index (χ3v) is 12.7. The van der Waals surface area contributed by atoms with Crippen LogP contribution in [0.15, 0.2) is 54.6 Å². The number of benzene rings is 1. The van der Waals surface area contributed by atoms with Gasteiger partial charge in [0.25, 0.3) is 0 Å². The number of carbonyl (C=O) groups is 4. The van der Waals surface area contributed by atoms with E-state index < -0.39 is 18.0 Å². The number of hydrogen-bond acceptors (Lipinski definition) is 10. The summed E-state index contributed by atoms with van der Waals surface area (Å²) in [7, 11) is 0. The van der Waals surface area contributed by atoms with Crippen molar-refractivity contribution in [3.63, 3.8) is 0 Å². The van der Waals surface area contributed by atoms with Crippen LogP contribution >= 0.6 is 22.7 Å². The number of aliphatic hydroxyl groups is 2. The number of aromatic carboxylic acids is 2. The van der Waals surface area contributed by atoms with Gasteiger partial charge in [-0.3, -0.25) is 9.59 Å². The number of hydrogen-bond donors (Lipinski definition) is 4. The smallest absolute Gasteiger partial charge is 0.345 e. The van der Waals surface area contributed by atoms with Gasteiger partial charge >= 0.3 is 11.9 Å². The molecule has 1 aliphatic carbocycles. The number of ether oxygens (including phenoxy) is 2. The fourth-order valence-corrected chi connectivity index (χ4v) is 9.15. The Morgan fingerprint density at radius 3 is 1.69 bits per heavy atom. The summed E-state index contributed by atoms with van der Waals surface area (Å²) in [5.41, 5.74) is 1.08. The Morgan fingerprint density at radius 1 is 0.691 bits per heavy atom. The second kappa shape index (κ2) is 21.6. The number of carboxylic acid groups (broad SMARTS) is 2. The van der Waals surface area contributed by atoms with Gasteiger partial charge < -0.3 is 39.7 Å². The first-order valence-corrected chi connectivity index (χ1v) is 21.0. The average molecular weight is 799 g/mol. The molecule has 4 atom stereocenters. The number of rotatable bonds is 19. The van der Waals surface area contributed by atoms with Gasteiger partial charge in [-0.05, 0) is 80.7 Å². The van der Waals surface area contributed by atoms with E-state index in [1.54, 1.807) is 24.3 Å². The van der Waals surface area contributed by atoms with Gasteiger partial charge in [0.2, 0.25) is 11.8 Å². The van der Waals surface area contributed by atoms with Gasteiger partial charge in [-0.25, -0.2) is 9.59 Å². The lowest BCUT2D eigenvalue weighted by atomic mass is 9.84. The minimum atomic E-state index is -0.933. The Hall–Kier alpha value is -3.66. The Bertz CT molecular complexity index is 1670. The van der Waals surface area contributed by atoms with E-state index in [0.29, 0.717) is 87.3 Å². The van der Waals surface area contributed by atoms with Gasteiger partial charge in [-0.1, -0.05) is 49.6 Å². The molecule has 3 fully saturated rings. The summed E-state index contributed by atoms with van der Waals surface area (Å²) < 4.78 is 11.5. The van der Waals surface area contributed by atoms with Crippen molar-refractivity contribution >= 4 is 46.4 Å². The fourth-order valence-electron chi connectivity index (χ4n) is 7.58. The number of nitrogens with zero attached hydrogens (tertiary/aromatic N) is 2. The van der Waals surface area contributed by atoms with Crippen LogP contribution in [0.2, 0.25) is 0 Å². The zero-order valence-corrected chi connectivity index (χ0v) is 32.9. The molecule has 2 aromatic heterocycles. The molecule has 2 aliphatic heterocycles. The Morgan fingerprint density at radius 2 is 1.20 bits per heavy atom. The van der Waals surface area contributed by atoms with E-state index in [1.807, 2.05) is 40.1 Å². The van der Waals surface area contributed by atoms with E-state index in [1.165, 1.54) is 41.9 Å². The molecule has 4 N–H and O–H groups in total. The highest BCUT2D eigenvalue weighted by Gasteiger charge is 2.33. The van der Waals surface area contributed by atoms with E-state index in [4.69, 9.17) is 19.7 Å². The molecular formula is C41H54N2O10S2. The minimum Gasteiger partial charge on any atom is -0.477 e. The number of aliphatic hydroxyl groups excluding tert-OH is 2. The van der Waals surface area contributed by atoms with Gasteiger partial charge in [-0.15, -0.1) is 22.7 Å². The predicted octanol–water partition coefficient (Wildman–Crippen LogP) is 6.23. The third kappa shape index (κ3) is 13.2. The summed E-state index contributed by atoms with van der Waals surface area (Å²) in [4.78, 5) is 52.3. The Kier molecular flexibility index (Phi) is 16.7. The number of carbonyl (C=O) groups excluding carboxylic acids is 2. The maximum absolute atomic E-state index is 12.2. The van der Waals surface area contributed by atoms with Crippen LogP contribution in [0.25, 0.3) is 0 Å². The van der Waals surface area contributed by atoms with Crippen molar-refractivity contribution in [2.75, 3.05) is 26.3 Å². The van der Waals surface area contributed by atoms with E-state index in [2.05, 4.69) is 0 Å².